The summed E-state index contributed by atoms with van der Waals surface area (Å²) in [5, 5.41) is 23.3. The second kappa shape index (κ2) is 7.91. The number of nitrogens with one attached hydrogen (secondary N) is 1. The molecule has 2 N–H and O–H groups in total. The topological polar surface area (TPSA) is 148 Å². The summed E-state index contributed by atoms with van der Waals surface area (Å²) >= 11 is 0. The summed E-state index contributed by atoms with van der Waals surface area (Å²) in [5.74, 6) is -0.926. The van der Waals surface area contributed by atoms with Crippen molar-refractivity contribution in [1.82, 2.24) is 10.4 Å². The molecule has 0 saturated heterocycles. The molecule has 2 aromatic heterocycles. The summed E-state index contributed by atoms with van der Waals surface area (Å²) in [6, 6.07) is 11.9. The number of nitro groups is 1. The second-order valence-corrected chi connectivity index (χ2v) is 5.45. The van der Waals surface area contributed by atoms with Gasteiger partial charge >= 0.3 is 5.97 Å². The van der Waals surface area contributed by atoms with Crippen LogP contribution in [0.5, 0.6) is 0 Å². The van der Waals surface area contributed by atoms with Crippen molar-refractivity contribution in [2.24, 2.45) is 5.10 Å². The number of furan rings is 1. The number of carbonyl (C=O) groups excluding carboxylic acids is 1. The molecule has 2 heterocycles. The highest BCUT2D eigenvalue weighted by Crippen LogP contribution is 2.22. The van der Waals surface area contributed by atoms with Gasteiger partial charge in [-0.2, -0.15) is 5.10 Å². The van der Waals surface area contributed by atoms with Gasteiger partial charge in [-0.15, -0.1) is 0 Å². The van der Waals surface area contributed by atoms with Crippen molar-refractivity contribution in [1.29, 1.82) is 0 Å². The minimum atomic E-state index is -1.04. The largest absolute Gasteiger partial charge is 0.478 e. The van der Waals surface area contributed by atoms with Crippen LogP contribution in [0.3, 0.4) is 0 Å². The first-order valence-corrected chi connectivity index (χ1v) is 7.81. The van der Waals surface area contributed by atoms with Crippen molar-refractivity contribution >= 4 is 23.8 Å². The maximum atomic E-state index is 11.9. The molecule has 1 aromatic carbocycles. The van der Waals surface area contributed by atoms with Gasteiger partial charge in [-0.25, -0.2) is 15.2 Å². The van der Waals surface area contributed by atoms with Crippen LogP contribution in [0, 0.1) is 10.1 Å². The lowest BCUT2D eigenvalue weighted by atomic mass is 10.1. The Hall–Kier alpha value is -4.34. The van der Waals surface area contributed by atoms with Crippen LogP contribution < -0.4 is 5.43 Å². The van der Waals surface area contributed by atoms with Crippen molar-refractivity contribution in [3.05, 3.63) is 81.9 Å². The highest BCUT2D eigenvalue weighted by atomic mass is 16.6. The smallest absolute Gasteiger partial charge is 0.335 e. The van der Waals surface area contributed by atoms with Crippen LogP contribution in [0.15, 0.2) is 64.2 Å². The van der Waals surface area contributed by atoms with E-state index in [1.54, 1.807) is 24.3 Å². The number of hydrogen-bond donors (Lipinski definition) is 2. The Bertz CT molecular complexity index is 1070. The number of amides is 1. The number of hydrogen-bond acceptors (Lipinski definition) is 7. The van der Waals surface area contributed by atoms with Gasteiger partial charge in [-0.05, 0) is 30.3 Å². The van der Waals surface area contributed by atoms with Gasteiger partial charge < -0.3 is 9.52 Å². The highest BCUT2D eigenvalue weighted by molar-refractivity contribution is 5.93. The number of pyridine rings is 1. The lowest BCUT2D eigenvalue weighted by Gasteiger charge is -1.99. The predicted octanol–water partition coefficient (Wildman–Crippen LogP) is 2.71. The lowest BCUT2D eigenvalue weighted by Crippen LogP contribution is -2.18. The number of carboxylic acids is 1. The highest BCUT2D eigenvalue weighted by Gasteiger charge is 2.11. The summed E-state index contributed by atoms with van der Waals surface area (Å²) in [6.45, 7) is 0. The summed E-state index contributed by atoms with van der Waals surface area (Å²) in [5.41, 5.74) is 2.68. The van der Waals surface area contributed by atoms with E-state index in [0.717, 1.165) is 12.3 Å². The van der Waals surface area contributed by atoms with E-state index in [-0.39, 0.29) is 16.9 Å². The van der Waals surface area contributed by atoms with E-state index < -0.39 is 16.8 Å². The molecule has 3 aromatic rings. The molecule has 3 rings (SSSR count). The zero-order valence-corrected chi connectivity index (χ0v) is 14.1. The summed E-state index contributed by atoms with van der Waals surface area (Å²) in [6.07, 6.45) is 2.23. The molecule has 0 aliphatic heterocycles. The van der Waals surface area contributed by atoms with Crippen molar-refractivity contribution < 1.29 is 24.0 Å². The maximum absolute atomic E-state index is 11.9. The van der Waals surface area contributed by atoms with Crippen LogP contribution in [0.1, 0.15) is 26.6 Å². The number of carboxylic acid groups (broad SMARTS) is 1. The molecule has 1 amide bonds. The van der Waals surface area contributed by atoms with Gasteiger partial charge in [-0.1, -0.05) is 12.1 Å². The molecule has 0 radical (unpaired) electrons. The molecular weight excluding hydrogens is 368 g/mol. The summed E-state index contributed by atoms with van der Waals surface area (Å²) < 4.78 is 5.55. The zero-order valence-electron chi connectivity index (χ0n) is 14.1. The third-order valence-corrected chi connectivity index (χ3v) is 3.57. The Labute approximate surface area is 157 Å². The monoisotopic (exact) mass is 380 g/mol. The normalized spacial score (nSPS) is 10.7. The standard InChI is InChI=1S/C18H12N4O6/c23-17(15-6-4-13(9-19-15)22(26)27)21-20-10-14-5-7-16(28-14)11-2-1-3-12(8-11)18(24)25/h1-10H,(H,21,23)(H,24,25). The van der Waals surface area contributed by atoms with Crippen molar-refractivity contribution in [2.45, 2.75) is 0 Å². The van der Waals surface area contributed by atoms with Gasteiger partial charge in [0, 0.05) is 11.6 Å². The number of aromatic carboxylic acids is 1. The SMILES string of the molecule is O=C(O)c1cccc(-c2ccc(C=NNC(=O)c3ccc([N+](=O)[O-])cn3)o2)c1. The Morgan fingerprint density at radius 1 is 1.21 bits per heavy atom. The van der Waals surface area contributed by atoms with E-state index in [2.05, 4.69) is 15.5 Å². The molecular formula is C18H12N4O6. The number of nitrogens with zero attached hydrogens (tertiary/aromatic N) is 3. The van der Waals surface area contributed by atoms with Gasteiger partial charge in [0.05, 0.1) is 16.7 Å². The van der Waals surface area contributed by atoms with Crippen LogP contribution in [0.25, 0.3) is 11.3 Å². The fourth-order valence-electron chi connectivity index (χ4n) is 2.22. The molecule has 0 unspecified atom stereocenters. The minimum absolute atomic E-state index is 0.0339. The van der Waals surface area contributed by atoms with Gasteiger partial charge in [0.15, 0.2) is 0 Å². The summed E-state index contributed by atoms with van der Waals surface area (Å²) in [7, 11) is 0. The molecule has 0 fully saturated rings. The van der Waals surface area contributed by atoms with E-state index in [0.29, 0.717) is 17.1 Å². The average molecular weight is 380 g/mol. The predicted molar refractivity (Wildman–Crippen MR) is 97.1 cm³/mol. The third kappa shape index (κ3) is 4.25. The van der Waals surface area contributed by atoms with Gasteiger partial charge in [0.25, 0.3) is 11.6 Å². The molecule has 0 atom stereocenters. The van der Waals surface area contributed by atoms with E-state index in [1.807, 2.05) is 0 Å². The van der Waals surface area contributed by atoms with E-state index in [4.69, 9.17) is 9.52 Å². The average Bonchev–Trinajstić information content (AvgIpc) is 3.17. The Morgan fingerprint density at radius 3 is 2.71 bits per heavy atom. The maximum Gasteiger partial charge on any atom is 0.335 e. The van der Waals surface area contributed by atoms with Crippen LogP contribution >= 0.6 is 0 Å². The minimum Gasteiger partial charge on any atom is -0.478 e. The van der Waals surface area contributed by atoms with E-state index in [1.165, 1.54) is 24.4 Å². The Kier molecular flexibility index (Phi) is 5.21. The number of aromatic nitrogens is 1. The molecule has 0 bridgehead atoms. The lowest BCUT2D eigenvalue weighted by molar-refractivity contribution is -0.385. The van der Waals surface area contributed by atoms with Gasteiger partial charge in [0.1, 0.15) is 23.4 Å². The molecule has 0 aliphatic rings. The quantitative estimate of drug-likeness (QED) is 0.379. The second-order valence-electron chi connectivity index (χ2n) is 5.45. The van der Waals surface area contributed by atoms with Crippen molar-refractivity contribution in [3.8, 4) is 11.3 Å². The molecule has 0 saturated carbocycles. The first kappa shape index (κ1) is 18.5. The Balaban J connectivity index is 1.65. The van der Waals surface area contributed by atoms with E-state index >= 15 is 0 Å². The van der Waals surface area contributed by atoms with Crippen LogP contribution in [-0.2, 0) is 0 Å². The number of carbonyl (C=O) groups is 2. The summed E-state index contributed by atoms with van der Waals surface area (Å²) in [4.78, 5) is 36.6. The van der Waals surface area contributed by atoms with Crippen LogP contribution in [0.2, 0.25) is 0 Å². The molecule has 0 aliphatic carbocycles. The zero-order chi connectivity index (χ0) is 20.1. The van der Waals surface area contributed by atoms with Crippen molar-refractivity contribution in [2.75, 3.05) is 0 Å². The first-order chi connectivity index (χ1) is 13.4. The van der Waals surface area contributed by atoms with Gasteiger partial charge in [0.2, 0.25) is 0 Å². The van der Waals surface area contributed by atoms with Crippen LogP contribution in [-0.4, -0.2) is 33.1 Å². The van der Waals surface area contributed by atoms with Crippen molar-refractivity contribution in [3.63, 3.8) is 0 Å². The molecule has 10 nitrogen and oxygen atoms in total. The fraction of sp³-hybridized carbons (Fsp3) is 0. The first-order valence-electron chi connectivity index (χ1n) is 7.81. The van der Waals surface area contributed by atoms with Gasteiger partial charge in [-0.3, -0.25) is 14.9 Å². The number of hydrazone groups is 1. The fourth-order valence-corrected chi connectivity index (χ4v) is 2.22. The Morgan fingerprint density at radius 2 is 2.04 bits per heavy atom. The third-order valence-electron chi connectivity index (χ3n) is 3.57. The molecule has 28 heavy (non-hydrogen) atoms. The molecule has 10 heteroatoms. The molecule has 140 valence electrons. The number of rotatable bonds is 6. The van der Waals surface area contributed by atoms with E-state index in [9.17, 15) is 19.7 Å². The molecule has 0 spiro atoms. The van der Waals surface area contributed by atoms with Crippen LogP contribution in [0.4, 0.5) is 5.69 Å². The number of benzene rings is 1.